The van der Waals surface area contributed by atoms with Gasteiger partial charge in [-0.3, -0.25) is 19.8 Å². The number of benzene rings is 2. The molecule has 2 aliphatic rings. The molecule has 0 bridgehead atoms. The van der Waals surface area contributed by atoms with E-state index in [4.69, 9.17) is 16.3 Å². The highest BCUT2D eigenvalue weighted by atomic mass is 35.5. The number of likely N-dealkylation sites (tertiary alicyclic amines) is 1. The molecule has 1 spiro atoms. The lowest BCUT2D eigenvalue weighted by atomic mass is 9.73. The van der Waals surface area contributed by atoms with Crippen LogP contribution < -0.4 is 10.1 Å². The average Bonchev–Trinajstić information content (AvgIpc) is 2.95. The number of nitrogens with one attached hydrogen (secondary N) is 1. The van der Waals surface area contributed by atoms with E-state index in [0.717, 1.165) is 43.7 Å². The summed E-state index contributed by atoms with van der Waals surface area (Å²) in [6, 6.07) is 11.6. The summed E-state index contributed by atoms with van der Waals surface area (Å²) in [4.78, 5) is 25.2. The van der Waals surface area contributed by atoms with Crippen molar-refractivity contribution >= 4 is 28.9 Å². The van der Waals surface area contributed by atoms with Crippen LogP contribution in [-0.4, -0.2) is 42.0 Å². The van der Waals surface area contributed by atoms with Crippen molar-refractivity contribution in [2.24, 2.45) is 0 Å². The van der Waals surface area contributed by atoms with Crippen molar-refractivity contribution in [2.45, 2.75) is 18.3 Å². The molecule has 4 rings (SSSR count). The molecule has 2 aromatic rings. The fourth-order valence-electron chi connectivity index (χ4n) is 4.00. The Hall–Kier alpha value is -2.64. The Kier molecular flexibility index (Phi) is 4.95. The number of piperidine rings is 1. The Labute approximate surface area is 167 Å². The molecule has 1 amide bonds. The molecule has 0 aromatic heterocycles. The number of hydrogen-bond donors (Lipinski definition) is 1. The van der Waals surface area contributed by atoms with Gasteiger partial charge in [0.25, 0.3) is 5.69 Å². The molecule has 2 heterocycles. The lowest BCUT2D eigenvalue weighted by molar-refractivity contribution is -0.384. The van der Waals surface area contributed by atoms with Crippen molar-refractivity contribution < 1.29 is 14.5 Å². The lowest BCUT2D eigenvalue weighted by Crippen LogP contribution is -2.47. The van der Waals surface area contributed by atoms with Gasteiger partial charge in [-0.2, -0.15) is 0 Å². The topological polar surface area (TPSA) is 84.7 Å². The van der Waals surface area contributed by atoms with Crippen LogP contribution in [0.5, 0.6) is 5.75 Å². The minimum absolute atomic E-state index is 0.0453. The number of halogens is 1. The Morgan fingerprint density at radius 2 is 1.89 bits per heavy atom. The SMILES string of the molecule is O=C1Nc2ccc(Cl)cc2C12CCN(CCOc1ccc([N+](=O)[O-])cc1)CC2. The van der Waals surface area contributed by atoms with E-state index in [1.165, 1.54) is 12.1 Å². The number of rotatable bonds is 5. The number of non-ortho nitro benzene ring substituents is 1. The summed E-state index contributed by atoms with van der Waals surface area (Å²) >= 11 is 6.15. The van der Waals surface area contributed by atoms with Gasteiger partial charge in [-0.05, 0) is 61.8 Å². The number of amides is 1. The number of carbonyl (C=O) groups is 1. The van der Waals surface area contributed by atoms with Gasteiger partial charge in [0.05, 0.1) is 10.3 Å². The third-order valence-electron chi connectivity index (χ3n) is 5.61. The van der Waals surface area contributed by atoms with E-state index in [0.29, 0.717) is 17.4 Å². The first-order valence-corrected chi connectivity index (χ1v) is 9.57. The van der Waals surface area contributed by atoms with Crippen LogP contribution in [0.3, 0.4) is 0 Å². The first-order valence-electron chi connectivity index (χ1n) is 9.19. The molecule has 0 atom stereocenters. The molecule has 8 heteroatoms. The molecule has 1 fully saturated rings. The second-order valence-corrected chi connectivity index (χ2v) is 7.60. The van der Waals surface area contributed by atoms with Crippen LogP contribution in [0.2, 0.25) is 5.02 Å². The molecule has 28 heavy (non-hydrogen) atoms. The highest BCUT2D eigenvalue weighted by Gasteiger charge is 2.48. The van der Waals surface area contributed by atoms with Gasteiger partial charge in [0.2, 0.25) is 5.91 Å². The van der Waals surface area contributed by atoms with Crippen LogP contribution in [0.4, 0.5) is 11.4 Å². The maximum Gasteiger partial charge on any atom is 0.269 e. The van der Waals surface area contributed by atoms with Gasteiger partial charge in [0.15, 0.2) is 0 Å². The van der Waals surface area contributed by atoms with Crippen LogP contribution in [0.1, 0.15) is 18.4 Å². The fraction of sp³-hybridized carbons (Fsp3) is 0.350. The number of nitrogens with zero attached hydrogens (tertiary/aromatic N) is 2. The molecule has 1 N–H and O–H groups in total. The highest BCUT2D eigenvalue weighted by Crippen LogP contribution is 2.45. The predicted octanol–water partition coefficient (Wildman–Crippen LogP) is 3.61. The van der Waals surface area contributed by atoms with Gasteiger partial charge in [0.1, 0.15) is 12.4 Å². The quantitative estimate of drug-likeness (QED) is 0.611. The molecule has 7 nitrogen and oxygen atoms in total. The van der Waals surface area contributed by atoms with Crippen LogP contribution in [0.15, 0.2) is 42.5 Å². The third kappa shape index (κ3) is 3.43. The van der Waals surface area contributed by atoms with E-state index in [9.17, 15) is 14.9 Å². The fourth-order valence-corrected chi connectivity index (χ4v) is 4.17. The monoisotopic (exact) mass is 401 g/mol. The van der Waals surface area contributed by atoms with Gasteiger partial charge >= 0.3 is 0 Å². The molecule has 0 saturated carbocycles. The first kappa shape index (κ1) is 18.7. The summed E-state index contributed by atoms with van der Waals surface area (Å²) in [6.07, 6.45) is 1.48. The van der Waals surface area contributed by atoms with E-state index < -0.39 is 10.3 Å². The average molecular weight is 402 g/mol. The number of hydrogen-bond acceptors (Lipinski definition) is 5. The number of anilines is 1. The molecular weight excluding hydrogens is 382 g/mol. The van der Waals surface area contributed by atoms with Crippen LogP contribution >= 0.6 is 11.6 Å². The largest absolute Gasteiger partial charge is 0.492 e. The Bertz CT molecular complexity index is 908. The zero-order chi connectivity index (χ0) is 19.7. The van der Waals surface area contributed by atoms with Crippen molar-refractivity contribution in [3.8, 4) is 5.75 Å². The second kappa shape index (κ2) is 7.41. The molecule has 1 saturated heterocycles. The van der Waals surface area contributed by atoms with Crippen LogP contribution in [0.25, 0.3) is 0 Å². The zero-order valence-electron chi connectivity index (χ0n) is 15.2. The molecule has 0 radical (unpaired) electrons. The third-order valence-corrected chi connectivity index (χ3v) is 5.85. The summed E-state index contributed by atoms with van der Waals surface area (Å²) in [5.41, 5.74) is 1.43. The number of fused-ring (bicyclic) bond motifs is 2. The maximum absolute atomic E-state index is 12.7. The summed E-state index contributed by atoms with van der Waals surface area (Å²) in [5.74, 6) is 0.671. The number of carbonyl (C=O) groups excluding carboxylic acids is 1. The second-order valence-electron chi connectivity index (χ2n) is 7.17. The van der Waals surface area contributed by atoms with E-state index >= 15 is 0 Å². The molecule has 0 aliphatic carbocycles. The predicted molar refractivity (Wildman–Crippen MR) is 106 cm³/mol. The van der Waals surface area contributed by atoms with E-state index in [1.807, 2.05) is 12.1 Å². The summed E-state index contributed by atoms with van der Waals surface area (Å²) in [6.45, 7) is 2.81. The molecule has 146 valence electrons. The van der Waals surface area contributed by atoms with Crippen LogP contribution in [0, 0.1) is 10.1 Å². The maximum atomic E-state index is 12.7. The van der Waals surface area contributed by atoms with Gasteiger partial charge < -0.3 is 10.1 Å². The van der Waals surface area contributed by atoms with Gasteiger partial charge in [-0.15, -0.1) is 0 Å². The summed E-state index contributed by atoms with van der Waals surface area (Å²) < 4.78 is 5.69. The van der Waals surface area contributed by atoms with Crippen molar-refractivity contribution in [1.82, 2.24) is 4.90 Å². The zero-order valence-corrected chi connectivity index (χ0v) is 15.9. The highest BCUT2D eigenvalue weighted by molar-refractivity contribution is 6.31. The van der Waals surface area contributed by atoms with Crippen molar-refractivity contribution in [3.63, 3.8) is 0 Å². The molecule has 2 aliphatic heterocycles. The number of nitro groups is 1. The number of nitro benzene ring substituents is 1. The Morgan fingerprint density at radius 3 is 2.57 bits per heavy atom. The van der Waals surface area contributed by atoms with E-state index in [2.05, 4.69) is 10.2 Å². The van der Waals surface area contributed by atoms with Crippen molar-refractivity contribution in [1.29, 1.82) is 0 Å². The van der Waals surface area contributed by atoms with E-state index in [1.54, 1.807) is 18.2 Å². The lowest BCUT2D eigenvalue weighted by Gasteiger charge is -2.37. The summed E-state index contributed by atoms with van der Waals surface area (Å²) in [7, 11) is 0. The van der Waals surface area contributed by atoms with Crippen molar-refractivity contribution in [3.05, 3.63) is 63.2 Å². The minimum atomic E-state index is -0.490. The smallest absolute Gasteiger partial charge is 0.269 e. The normalized spacial score (nSPS) is 18.0. The number of ether oxygens (including phenoxy) is 1. The van der Waals surface area contributed by atoms with E-state index in [-0.39, 0.29) is 11.6 Å². The van der Waals surface area contributed by atoms with Gasteiger partial charge in [-0.1, -0.05) is 11.6 Å². The standard InChI is InChI=1S/C20H20ClN3O4/c21-14-1-6-18-17(13-14)20(19(25)22-18)7-9-23(10-8-20)11-12-28-16-4-2-15(3-5-16)24(26)27/h1-6,13H,7-12H2,(H,22,25). The minimum Gasteiger partial charge on any atom is -0.492 e. The molecule has 0 unspecified atom stereocenters. The van der Waals surface area contributed by atoms with Crippen molar-refractivity contribution in [2.75, 3.05) is 31.6 Å². The first-order chi connectivity index (χ1) is 13.5. The Balaban J connectivity index is 1.32. The molecule has 2 aromatic carbocycles. The summed E-state index contributed by atoms with van der Waals surface area (Å²) in [5, 5.41) is 14.3. The van der Waals surface area contributed by atoms with Gasteiger partial charge in [0, 0.05) is 29.4 Å². The Morgan fingerprint density at radius 1 is 1.18 bits per heavy atom. The van der Waals surface area contributed by atoms with Crippen LogP contribution in [-0.2, 0) is 10.2 Å². The van der Waals surface area contributed by atoms with Gasteiger partial charge in [-0.25, -0.2) is 0 Å². The molecular formula is C20H20ClN3O4.